The standard InChI is InChI=1S/C21H27F3N4O2/c22-21(23,24)16-4-1-5-18(13-16)26-9-11-27(12-10-26)19(29)15-3-2-8-28(14-15)20(30)25-17-6-7-17/h1,4-5,13,15,17H,2-3,6-12,14H2,(H,25,30). The van der Waals surface area contributed by atoms with E-state index in [0.717, 1.165) is 37.8 Å². The van der Waals surface area contributed by atoms with Gasteiger partial charge in [-0.15, -0.1) is 0 Å². The van der Waals surface area contributed by atoms with Gasteiger partial charge in [0.2, 0.25) is 5.91 Å². The van der Waals surface area contributed by atoms with Crippen molar-refractivity contribution in [1.29, 1.82) is 0 Å². The molecule has 0 spiro atoms. The molecule has 1 aliphatic carbocycles. The van der Waals surface area contributed by atoms with Crippen molar-refractivity contribution in [2.24, 2.45) is 5.92 Å². The van der Waals surface area contributed by atoms with Crippen LogP contribution in [0.1, 0.15) is 31.2 Å². The molecule has 1 aromatic rings. The molecule has 3 fully saturated rings. The largest absolute Gasteiger partial charge is 0.416 e. The molecule has 4 rings (SSSR count). The number of rotatable bonds is 3. The number of nitrogens with zero attached hydrogens (tertiary/aromatic N) is 3. The number of nitrogens with one attached hydrogen (secondary N) is 1. The molecule has 0 aromatic heterocycles. The third-order valence-corrected chi connectivity index (χ3v) is 6.09. The molecule has 3 aliphatic rings. The fourth-order valence-electron chi connectivity index (χ4n) is 4.18. The normalized spacial score (nSPS) is 22.8. The van der Waals surface area contributed by atoms with Gasteiger partial charge in [-0.05, 0) is 43.9 Å². The van der Waals surface area contributed by atoms with E-state index in [2.05, 4.69) is 5.32 Å². The lowest BCUT2D eigenvalue weighted by Gasteiger charge is -2.39. The van der Waals surface area contributed by atoms with Crippen molar-refractivity contribution >= 4 is 17.6 Å². The topological polar surface area (TPSA) is 55.9 Å². The molecule has 164 valence electrons. The second-order valence-electron chi connectivity index (χ2n) is 8.37. The highest BCUT2D eigenvalue weighted by molar-refractivity contribution is 5.81. The Kier molecular flexibility index (Phi) is 5.79. The van der Waals surface area contributed by atoms with Crippen LogP contribution in [0.2, 0.25) is 0 Å². The van der Waals surface area contributed by atoms with E-state index in [0.29, 0.717) is 45.0 Å². The van der Waals surface area contributed by atoms with Gasteiger partial charge < -0.3 is 20.0 Å². The Labute approximate surface area is 174 Å². The number of piperazine rings is 1. The molecular formula is C21H27F3N4O2. The summed E-state index contributed by atoms with van der Waals surface area (Å²) >= 11 is 0. The molecule has 2 heterocycles. The summed E-state index contributed by atoms with van der Waals surface area (Å²) in [7, 11) is 0. The molecule has 1 saturated carbocycles. The van der Waals surface area contributed by atoms with Gasteiger partial charge in [-0.2, -0.15) is 13.2 Å². The van der Waals surface area contributed by atoms with Crippen molar-refractivity contribution in [3.63, 3.8) is 0 Å². The van der Waals surface area contributed by atoms with Gasteiger partial charge in [0, 0.05) is 51.0 Å². The number of hydrogen-bond donors (Lipinski definition) is 1. The number of anilines is 1. The molecule has 1 N–H and O–H groups in total. The van der Waals surface area contributed by atoms with E-state index in [1.165, 1.54) is 6.07 Å². The van der Waals surface area contributed by atoms with Crippen LogP contribution in [0.25, 0.3) is 0 Å². The molecule has 0 radical (unpaired) electrons. The first-order valence-corrected chi connectivity index (χ1v) is 10.6. The maximum Gasteiger partial charge on any atom is 0.416 e. The molecule has 6 nitrogen and oxygen atoms in total. The molecule has 2 aliphatic heterocycles. The highest BCUT2D eigenvalue weighted by Gasteiger charge is 2.35. The average Bonchev–Trinajstić information content (AvgIpc) is 3.57. The number of piperidine rings is 1. The van der Waals surface area contributed by atoms with Crippen LogP contribution >= 0.6 is 0 Å². The second kappa shape index (κ2) is 8.35. The fraction of sp³-hybridized carbons (Fsp3) is 0.619. The van der Waals surface area contributed by atoms with Crippen molar-refractivity contribution in [3.8, 4) is 0 Å². The molecule has 30 heavy (non-hydrogen) atoms. The third kappa shape index (κ3) is 4.82. The minimum absolute atomic E-state index is 0.0441. The highest BCUT2D eigenvalue weighted by Crippen LogP contribution is 2.32. The predicted octanol–water partition coefficient (Wildman–Crippen LogP) is 2.94. The minimum atomic E-state index is -4.37. The summed E-state index contributed by atoms with van der Waals surface area (Å²) in [5.74, 6) is -0.161. The summed E-state index contributed by atoms with van der Waals surface area (Å²) in [5, 5.41) is 2.98. The maximum atomic E-state index is 13.0. The van der Waals surface area contributed by atoms with Crippen LogP contribution in [-0.2, 0) is 11.0 Å². The highest BCUT2D eigenvalue weighted by atomic mass is 19.4. The summed E-state index contributed by atoms with van der Waals surface area (Å²) in [6, 6.07) is 5.53. The number of halogens is 3. The van der Waals surface area contributed by atoms with E-state index in [4.69, 9.17) is 0 Å². The zero-order valence-corrected chi connectivity index (χ0v) is 16.8. The smallest absolute Gasteiger partial charge is 0.368 e. The lowest BCUT2D eigenvalue weighted by Crippen LogP contribution is -2.54. The zero-order chi connectivity index (χ0) is 21.3. The molecular weight excluding hydrogens is 397 g/mol. The fourth-order valence-corrected chi connectivity index (χ4v) is 4.18. The number of urea groups is 1. The first-order valence-electron chi connectivity index (χ1n) is 10.6. The van der Waals surface area contributed by atoms with Crippen LogP contribution in [0.15, 0.2) is 24.3 Å². The number of likely N-dealkylation sites (tertiary alicyclic amines) is 1. The Balaban J connectivity index is 1.31. The Bertz CT molecular complexity index is 789. The predicted molar refractivity (Wildman–Crippen MR) is 106 cm³/mol. The van der Waals surface area contributed by atoms with Gasteiger partial charge in [0.05, 0.1) is 11.5 Å². The average molecular weight is 424 g/mol. The van der Waals surface area contributed by atoms with Crippen LogP contribution in [-0.4, -0.2) is 67.0 Å². The molecule has 3 amide bonds. The number of carbonyl (C=O) groups excluding carboxylic acids is 2. The van der Waals surface area contributed by atoms with Gasteiger partial charge in [0.15, 0.2) is 0 Å². The number of carbonyl (C=O) groups is 2. The van der Waals surface area contributed by atoms with Gasteiger partial charge in [0.25, 0.3) is 0 Å². The van der Waals surface area contributed by atoms with E-state index < -0.39 is 11.7 Å². The number of benzene rings is 1. The summed E-state index contributed by atoms with van der Waals surface area (Å²) in [6.45, 7) is 3.04. The number of hydrogen-bond acceptors (Lipinski definition) is 3. The zero-order valence-electron chi connectivity index (χ0n) is 16.8. The van der Waals surface area contributed by atoms with Crippen molar-refractivity contribution in [2.45, 2.75) is 37.9 Å². The lowest BCUT2D eigenvalue weighted by atomic mass is 9.96. The summed E-state index contributed by atoms with van der Waals surface area (Å²) in [5.41, 5.74) is -0.136. The van der Waals surface area contributed by atoms with Crippen LogP contribution < -0.4 is 10.2 Å². The van der Waals surface area contributed by atoms with Gasteiger partial charge in [-0.1, -0.05) is 6.07 Å². The maximum absolute atomic E-state index is 13.0. The van der Waals surface area contributed by atoms with E-state index >= 15 is 0 Å². The van der Waals surface area contributed by atoms with Gasteiger partial charge >= 0.3 is 12.2 Å². The van der Waals surface area contributed by atoms with Gasteiger partial charge in [-0.3, -0.25) is 4.79 Å². The summed E-state index contributed by atoms with van der Waals surface area (Å²) in [4.78, 5) is 30.7. The molecule has 1 unspecified atom stereocenters. The van der Waals surface area contributed by atoms with Gasteiger partial charge in [-0.25, -0.2) is 4.79 Å². The molecule has 9 heteroatoms. The first kappa shape index (κ1) is 20.8. The monoisotopic (exact) mass is 424 g/mol. The van der Waals surface area contributed by atoms with Gasteiger partial charge in [0.1, 0.15) is 0 Å². The van der Waals surface area contributed by atoms with E-state index in [9.17, 15) is 22.8 Å². The summed E-state index contributed by atoms with van der Waals surface area (Å²) < 4.78 is 38.9. The van der Waals surface area contributed by atoms with Crippen molar-refractivity contribution in [1.82, 2.24) is 15.1 Å². The second-order valence-corrected chi connectivity index (χ2v) is 8.37. The number of amides is 3. The van der Waals surface area contributed by atoms with Crippen LogP contribution in [0.5, 0.6) is 0 Å². The Morgan fingerprint density at radius 3 is 2.37 bits per heavy atom. The minimum Gasteiger partial charge on any atom is -0.368 e. The van der Waals surface area contributed by atoms with Crippen molar-refractivity contribution in [3.05, 3.63) is 29.8 Å². The SMILES string of the molecule is O=C(NC1CC1)N1CCCC(C(=O)N2CCN(c3cccc(C(F)(F)F)c3)CC2)C1. The van der Waals surface area contributed by atoms with Crippen molar-refractivity contribution in [2.75, 3.05) is 44.2 Å². The Hall–Kier alpha value is -2.45. The molecule has 1 atom stereocenters. The number of alkyl halides is 3. The van der Waals surface area contributed by atoms with Crippen LogP contribution in [0.3, 0.4) is 0 Å². The van der Waals surface area contributed by atoms with E-state index in [-0.39, 0.29) is 23.9 Å². The van der Waals surface area contributed by atoms with E-state index in [1.54, 1.807) is 15.9 Å². The quantitative estimate of drug-likeness (QED) is 0.812. The van der Waals surface area contributed by atoms with Crippen LogP contribution in [0, 0.1) is 5.92 Å². The van der Waals surface area contributed by atoms with Crippen molar-refractivity contribution < 1.29 is 22.8 Å². The van der Waals surface area contributed by atoms with Crippen LogP contribution in [0.4, 0.5) is 23.7 Å². The third-order valence-electron chi connectivity index (χ3n) is 6.09. The Morgan fingerprint density at radius 1 is 0.967 bits per heavy atom. The van der Waals surface area contributed by atoms with E-state index in [1.807, 2.05) is 4.90 Å². The lowest BCUT2D eigenvalue weighted by molar-refractivity contribution is -0.138. The first-order chi connectivity index (χ1) is 14.3. The molecule has 1 aromatic carbocycles. The summed E-state index contributed by atoms with van der Waals surface area (Å²) in [6.07, 6.45) is -0.749. The Morgan fingerprint density at radius 2 is 1.70 bits per heavy atom. The molecule has 2 saturated heterocycles. The molecule has 0 bridgehead atoms.